The number of rotatable bonds is 6. The highest BCUT2D eigenvalue weighted by Gasteiger charge is 2.13. The molecule has 25 heavy (non-hydrogen) atoms. The van der Waals surface area contributed by atoms with Gasteiger partial charge < -0.3 is 20.7 Å². The van der Waals surface area contributed by atoms with Gasteiger partial charge in [0.05, 0.1) is 5.56 Å². The SMILES string of the molecule is CN(C)c1ccc(CNC(=O)COC(=O)c2ccc(Cl)cc2N)cc1. The number of halogens is 1. The number of esters is 1. The van der Waals surface area contributed by atoms with E-state index in [9.17, 15) is 9.59 Å². The molecule has 0 bridgehead atoms. The lowest BCUT2D eigenvalue weighted by molar-refractivity contribution is -0.124. The lowest BCUT2D eigenvalue weighted by atomic mass is 10.2. The molecular formula is C18H20ClN3O3. The molecule has 2 aromatic rings. The minimum atomic E-state index is -0.667. The minimum absolute atomic E-state index is 0.177. The zero-order valence-corrected chi connectivity index (χ0v) is 14.8. The number of ether oxygens (including phenoxy) is 1. The number of nitrogens with one attached hydrogen (secondary N) is 1. The third-order valence-electron chi connectivity index (χ3n) is 3.51. The maximum atomic E-state index is 11.9. The Morgan fingerprint density at radius 1 is 1.16 bits per heavy atom. The summed E-state index contributed by atoms with van der Waals surface area (Å²) in [6.45, 7) is -0.0240. The van der Waals surface area contributed by atoms with Crippen molar-refractivity contribution in [3.8, 4) is 0 Å². The van der Waals surface area contributed by atoms with Crippen molar-refractivity contribution < 1.29 is 14.3 Å². The zero-order valence-electron chi connectivity index (χ0n) is 14.1. The quantitative estimate of drug-likeness (QED) is 0.610. The van der Waals surface area contributed by atoms with Gasteiger partial charge in [0.1, 0.15) is 0 Å². The highest BCUT2D eigenvalue weighted by molar-refractivity contribution is 6.31. The monoisotopic (exact) mass is 361 g/mol. The first-order valence-electron chi connectivity index (χ1n) is 7.62. The van der Waals surface area contributed by atoms with E-state index in [4.69, 9.17) is 22.1 Å². The highest BCUT2D eigenvalue weighted by atomic mass is 35.5. The molecule has 3 N–H and O–H groups in total. The molecule has 0 saturated heterocycles. The summed E-state index contributed by atoms with van der Waals surface area (Å²) in [4.78, 5) is 25.7. The number of carbonyl (C=O) groups is 2. The third kappa shape index (κ3) is 5.39. The molecule has 0 aliphatic rings. The number of amides is 1. The van der Waals surface area contributed by atoms with Gasteiger partial charge in [-0.15, -0.1) is 0 Å². The van der Waals surface area contributed by atoms with Gasteiger partial charge in [0.2, 0.25) is 0 Å². The van der Waals surface area contributed by atoms with E-state index in [-0.39, 0.29) is 17.9 Å². The van der Waals surface area contributed by atoms with Crippen molar-refractivity contribution in [2.45, 2.75) is 6.54 Å². The fourth-order valence-electron chi connectivity index (χ4n) is 2.09. The molecular weight excluding hydrogens is 342 g/mol. The smallest absolute Gasteiger partial charge is 0.340 e. The van der Waals surface area contributed by atoms with E-state index in [0.29, 0.717) is 11.6 Å². The van der Waals surface area contributed by atoms with E-state index in [2.05, 4.69) is 5.32 Å². The van der Waals surface area contributed by atoms with Gasteiger partial charge in [-0.25, -0.2) is 4.79 Å². The predicted octanol–water partition coefficient (Wildman–Crippen LogP) is 2.46. The molecule has 0 atom stereocenters. The topological polar surface area (TPSA) is 84.7 Å². The molecule has 0 aromatic heterocycles. The van der Waals surface area contributed by atoms with Crippen molar-refractivity contribution in [1.82, 2.24) is 5.32 Å². The van der Waals surface area contributed by atoms with Crippen LogP contribution in [0.3, 0.4) is 0 Å². The van der Waals surface area contributed by atoms with Gasteiger partial charge in [-0.1, -0.05) is 23.7 Å². The summed E-state index contributed by atoms with van der Waals surface area (Å²) in [5.41, 5.74) is 8.12. The van der Waals surface area contributed by atoms with Gasteiger partial charge in [0.25, 0.3) is 5.91 Å². The Kier molecular flexibility index (Phi) is 6.25. The van der Waals surface area contributed by atoms with Gasteiger partial charge in [0, 0.05) is 37.0 Å². The van der Waals surface area contributed by atoms with Crippen LogP contribution in [0.25, 0.3) is 0 Å². The second kappa shape index (κ2) is 8.39. The standard InChI is InChI=1S/C18H20ClN3O3/c1-22(2)14-6-3-12(4-7-14)10-21-17(23)11-25-18(24)15-8-5-13(19)9-16(15)20/h3-9H,10-11,20H2,1-2H3,(H,21,23). The van der Waals surface area contributed by atoms with Crippen molar-refractivity contribution in [3.05, 3.63) is 58.6 Å². The number of nitrogens with zero attached hydrogens (tertiary/aromatic N) is 1. The van der Waals surface area contributed by atoms with Gasteiger partial charge >= 0.3 is 5.97 Å². The van der Waals surface area contributed by atoms with Crippen LogP contribution in [-0.4, -0.2) is 32.6 Å². The van der Waals surface area contributed by atoms with Gasteiger partial charge in [-0.05, 0) is 35.9 Å². The highest BCUT2D eigenvalue weighted by Crippen LogP contribution is 2.18. The number of carbonyl (C=O) groups excluding carboxylic acids is 2. The van der Waals surface area contributed by atoms with E-state index >= 15 is 0 Å². The summed E-state index contributed by atoms with van der Waals surface area (Å²) < 4.78 is 4.97. The van der Waals surface area contributed by atoms with Crippen LogP contribution in [0.4, 0.5) is 11.4 Å². The Morgan fingerprint density at radius 3 is 2.44 bits per heavy atom. The van der Waals surface area contributed by atoms with Crippen LogP contribution >= 0.6 is 11.6 Å². The van der Waals surface area contributed by atoms with Crippen LogP contribution in [0.15, 0.2) is 42.5 Å². The molecule has 0 unspecified atom stereocenters. The first-order chi connectivity index (χ1) is 11.9. The van der Waals surface area contributed by atoms with Crippen molar-refractivity contribution in [1.29, 1.82) is 0 Å². The molecule has 7 heteroatoms. The van der Waals surface area contributed by atoms with Crippen LogP contribution in [0.2, 0.25) is 5.02 Å². The first-order valence-corrected chi connectivity index (χ1v) is 7.99. The second-order valence-electron chi connectivity index (χ2n) is 5.65. The Morgan fingerprint density at radius 2 is 1.84 bits per heavy atom. The average Bonchev–Trinajstić information content (AvgIpc) is 2.58. The molecule has 0 spiro atoms. The Bertz CT molecular complexity index is 761. The molecule has 1 amide bonds. The molecule has 6 nitrogen and oxygen atoms in total. The average molecular weight is 362 g/mol. The van der Waals surface area contributed by atoms with E-state index in [1.54, 1.807) is 0 Å². The summed E-state index contributed by atoms with van der Waals surface area (Å²) in [5, 5.41) is 3.12. The Hall–Kier alpha value is -2.73. The van der Waals surface area contributed by atoms with E-state index < -0.39 is 11.9 Å². The molecule has 0 aliphatic carbocycles. The number of nitrogens with two attached hydrogens (primary N) is 1. The molecule has 132 valence electrons. The van der Waals surface area contributed by atoms with Crippen LogP contribution in [0.1, 0.15) is 15.9 Å². The van der Waals surface area contributed by atoms with E-state index in [1.165, 1.54) is 18.2 Å². The summed E-state index contributed by atoms with van der Waals surface area (Å²) in [5.74, 6) is -1.06. The zero-order chi connectivity index (χ0) is 18.4. The molecule has 0 heterocycles. The Balaban J connectivity index is 1.81. The maximum Gasteiger partial charge on any atom is 0.340 e. The summed E-state index contributed by atoms with van der Waals surface area (Å²) in [6.07, 6.45) is 0. The molecule has 2 aromatic carbocycles. The maximum absolute atomic E-state index is 11.9. The van der Waals surface area contributed by atoms with E-state index in [1.807, 2.05) is 43.3 Å². The van der Waals surface area contributed by atoms with Gasteiger partial charge in [0.15, 0.2) is 6.61 Å². The van der Waals surface area contributed by atoms with Gasteiger partial charge in [-0.3, -0.25) is 4.79 Å². The molecule has 0 fully saturated rings. The van der Waals surface area contributed by atoms with E-state index in [0.717, 1.165) is 11.3 Å². The van der Waals surface area contributed by atoms with Crippen molar-refractivity contribution in [2.75, 3.05) is 31.3 Å². The van der Waals surface area contributed by atoms with Crippen LogP contribution < -0.4 is 16.0 Å². The fraction of sp³-hybridized carbons (Fsp3) is 0.222. The number of nitrogen functional groups attached to an aromatic ring is 1. The van der Waals surface area contributed by atoms with Gasteiger partial charge in [-0.2, -0.15) is 0 Å². The normalized spacial score (nSPS) is 10.2. The molecule has 0 saturated carbocycles. The lowest BCUT2D eigenvalue weighted by Crippen LogP contribution is -2.28. The van der Waals surface area contributed by atoms with Crippen LogP contribution in [0, 0.1) is 0 Å². The Labute approximate surface area is 151 Å². The third-order valence-corrected chi connectivity index (χ3v) is 3.75. The summed E-state index contributed by atoms with van der Waals surface area (Å²) in [6, 6.07) is 12.2. The largest absolute Gasteiger partial charge is 0.452 e. The van der Waals surface area contributed by atoms with Crippen molar-refractivity contribution in [3.63, 3.8) is 0 Å². The second-order valence-corrected chi connectivity index (χ2v) is 6.08. The fourth-order valence-corrected chi connectivity index (χ4v) is 2.27. The number of benzene rings is 2. The minimum Gasteiger partial charge on any atom is -0.452 e. The van der Waals surface area contributed by atoms with Crippen molar-refractivity contribution in [2.24, 2.45) is 0 Å². The van der Waals surface area contributed by atoms with Crippen LogP contribution in [0.5, 0.6) is 0 Å². The lowest BCUT2D eigenvalue weighted by Gasteiger charge is -2.13. The molecule has 0 aliphatic heterocycles. The molecule has 0 radical (unpaired) electrons. The molecule has 2 rings (SSSR count). The predicted molar refractivity (Wildman–Crippen MR) is 98.8 cm³/mol. The first kappa shape index (κ1) is 18.6. The number of hydrogen-bond donors (Lipinski definition) is 2. The number of anilines is 2. The summed E-state index contributed by atoms with van der Waals surface area (Å²) >= 11 is 5.78. The van der Waals surface area contributed by atoms with Crippen LogP contribution in [-0.2, 0) is 16.1 Å². The summed E-state index contributed by atoms with van der Waals surface area (Å²) in [7, 11) is 3.91. The van der Waals surface area contributed by atoms with Crippen molar-refractivity contribution >= 4 is 34.9 Å². The number of hydrogen-bond acceptors (Lipinski definition) is 5.